The molecule has 1 rings (SSSR count). The number of nitrogens with one attached hydrogen (secondary N) is 1. The highest BCUT2D eigenvalue weighted by molar-refractivity contribution is 5.58. The minimum atomic E-state index is 0.729. The van der Waals surface area contributed by atoms with Crippen LogP contribution in [0.1, 0.15) is 51.9 Å². The second kappa shape index (κ2) is 8.08. The quantitative estimate of drug-likeness (QED) is 0.788. The van der Waals surface area contributed by atoms with E-state index in [1.54, 1.807) is 0 Å². The topological polar surface area (TPSA) is 41.1 Å². The highest BCUT2D eigenvalue weighted by atomic mass is 15.2. The lowest BCUT2D eigenvalue weighted by atomic mass is 10.0. The molecule has 0 radical (unpaired) electrons. The molecule has 0 saturated heterocycles. The maximum absolute atomic E-state index is 4.77. The third-order valence-corrected chi connectivity index (χ3v) is 4.03. The van der Waals surface area contributed by atoms with E-state index in [9.17, 15) is 0 Å². The lowest BCUT2D eigenvalue weighted by Crippen LogP contribution is -2.31. The van der Waals surface area contributed by atoms with Gasteiger partial charge in [-0.15, -0.1) is 0 Å². The first-order valence-electron chi connectivity index (χ1n) is 7.91. The summed E-state index contributed by atoms with van der Waals surface area (Å²) < 4.78 is 0. The average molecular weight is 278 g/mol. The Balaban J connectivity index is 3.13. The maximum Gasteiger partial charge on any atom is 0.137 e. The van der Waals surface area contributed by atoms with Crippen LogP contribution in [0.5, 0.6) is 0 Å². The van der Waals surface area contributed by atoms with E-state index in [0.29, 0.717) is 0 Å². The van der Waals surface area contributed by atoms with Gasteiger partial charge in [-0.05, 0) is 19.8 Å². The summed E-state index contributed by atoms with van der Waals surface area (Å²) >= 11 is 0. The third-order valence-electron chi connectivity index (χ3n) is 4.03. The van der Waals surface area contributed by atoms with Crippen LogP contribution in [0.4, 0.5) is 11.6 Å². The SMILES string of the molecule is CCc1nc(NC)c(C)c(N(CC)CC(CC)CC)n1. The number of hydrogen-bond acceptors (Lipinski definition) is 4. The molecule has 1 heterocycles. The Hall–Kier alpha value is -1.32. The fourth-order valence-electron chi connectivity index (χ4n) is 2.48. The van der Waals surface area contributed by atoms with Crippen LogP contribution >= 0.6 is 0 Å². The Morgan fingerprint density at radius 1 is 1.10 bits per heavy atom. The Bertz CT molecular complexity index is 413. The van der Waals surface area contributed by atoms with Gasteiger partial charge in [0.25, 0.3) is 0 Å². The van der Waals surface area contributed by atoms with Crippen LogP contribution in [0.15, 0.2) is 0 Å². The molecule has 20 heavy (non-hydrogen) atoms. The van der Waals surface area contributed by atoms with E-state index in [2.05, 4.69) is 49.8 Å². The second-order valence-electron chi connectivity index (χ2n) is 5.26. The van der Waals surface area contributed by atoms with Crippen LogP contribution in [0.2, 0.25) is 0 Å². The number of nitrogens with zero attached hydrogens (tertiary/aromatic N) is 3. The molecule has 0 spiro atoms. The molecule has 0 unspecified atom stereocenters. The second-order valence-corrected chi connectivity index (χ2v) is 5.26. The van der Waals surface area contributed by atoms with Gasteiger partial charge >= 0.3 is 0 Å². The third kappa shape index (κ3) is 3.84. The van der Waals surface area contributed by atoms with E-state index in [1.807, 2.05) is 7.05 Å². The summed E-state index contributed by atoms with van der Waals surface area (Å²) in [6, 6.07) is 0. The van der Waals surface area contributed by atoms with Crippen molar-refractivity contribution in [2.24, 2.45) is 5.92 Å². The lowest BCUT2D eigenvalue weighted by Gasteiger charge is -2.28. The van der Waals surface area contributed by atoms with Gasteiger partial charge in [0.05, 0.1) is 0 Å². The molecule has 0 aliphatic carbocycles. The minimum Gasteiger partial charge on any atom is -0.373 e. The first-order chi connectivity index (χ1) is 9.60. The molecule has 1 aromatic heterocycles. The molecule has 114 valence electrons. The van der Waals surface area contributed by atoms with Gasteiger partial charge in [0, 0.05) is 32.1 Å². The highest BCUT2D eigenvalue weighted by Gasteiger charge is 2.17. The molecule has 0 aliphatic rings. The number of hydrogen-bond donors (Lipinski definition) is 1. The zero-order chi connectivity index (χ0) is 15.1. The summed E-state index contributed by atoms with van der Waals surface area (Å²) in [5.41, 5.74) is 1.15. The van der Waals surface area contributed by atoms with Crippen molar-refractivity contribution in [3.63, 3.8) is 0 Å². The molecule has 4 nitrogen and oxygen atoms in total. The molecule has 4 heteroatoms. The van der Waals surface area contributed by atoms with E-state index in [1.165, 1.54) is 12.8 Å². The van der Waals surface area contributed by atoms with Crippen molar-refractivity contribution in [2.45, 2.75) is 53.9 Å². The van der Waals surface area contributed by atoms with Crippen LogP contribution in [0, 0.1) is 12.8 Å². The number of anilines is 2. The molecule has 0 aromatic carbocycles. The maximum atomic E-state index is 4.77. The zero-order valence-electron chi connectivity index (χ0n) is 14.0. The normalized spacial score (nSPS) is 10.9. The van der Waals surface area contributed by atoms with E-state index >= 15 is 0 Å². The Labute approximate surface area is 124 Å². The van der Waals surface area contributed by atoms with Crippen LogP contribution in [-0.4, -0.2) is 30.1 Å². The summed E-state index contributed by atoms with van der Waals surface area (Å²) in [7, 11) is 1.93. The lowest BCUT2D eigenvalue weighted by molar-refractivity contribution is 0.484. The van der Waals surface area contributed by atoms with Crippen molar-refractivity contribution in [1.29, 1.82) is 0 Å². The van der Waals surface area contributed by atoms with Gasteiger partial charge in [-0.1, -0.05) is 33.6 Å². The van der Waals surface area contributed by atoms with E-state index in [4.69, 9.17) is 4.98 Å². The molecule has 0 fully saturated rings. The van der Waals surface area contributed by atoms with Gasteiger partial charge in [0.2, 0.25) is 0 Å². The predicted molar refractivity (Wildman–Crippen MR) is 87.7 cm³/mol. The summed E-state index contributed by atoms with van der Waals surface area (Å²) in [6.45, 7) is 13.0. The molecular weight excluding hydrogens is 248 g/mol. The van der Waals surface area contributed by atoms with Crippen molar-refractivity contribution in [1.82, 2.24) is 9.97 Å². The van der Waals surface area contributed by atoms with Crippen LogP contribution < -0.4 is 10.2 Å². The average Bonchev–Trinajstić information content (AvgIpc) is 2.49. The first kappa shape index (κ1) is 16.7. The zero-order valence-corrected chi connectivity index (χ0v) is 14.0. The molecule has 1 N–H and O–H groups in total. The fraction of sp³-hybridized carbons (Fsp3) is 0.750. The largest absolute Gasteiger partial charge is 0.373 e. The smallest absolute Gasteiger partial charge is 0.137 e. The van der Waals surface area contributed by atoms with Crippen molar-refractivity contribution < 1.29 is 0 Å². The van der Waals surface area contributed by atoms with Gasteiger partial charge in [-0.3, -0.25) is 0 Å². The molecule has 0 aliphatic heterocycles. The van der Waals surface area contributed by atoms with Gasteiger partial charge in [0.1, 0.15) is 17.5 Å². The molecule has 0 saturated carbocycles. The van der Waals surface area contributed by atoms with Gasteiger partial charge in [0.15, 0.2) is 0 Å². The van der Waals surface area contributed by atoms with Crippen LogP contribution in [-0.2, 0) is 6.42 Å². The number of aromatic nitrogens is 2. The van der Waals surface area contributed by atoms with Gasteiger partial charge in [-0.25, -0.2) is 9.97 Å². The summed E-state index contributed by atoms with van der Waals surface area (Å²) in [5, 5.41) is 3.19. The molecule has 0 bridgehead atoms. The summed E-state index contributed by atoms with van der Waals surface area (Å²) in [5.74, 6) is 3.69. The van der Waals surface area contributed by atoms with Crippen LogP contribution in [0.3, 0.4) is 0 Å². The summed E-state index contributed by atoms with van der Waals surface area (Å²) in [6.07, 6.45) is 3.30. The summed E-state index contributed by atoms with van der Waals surface area (Å²) in [4.78, 5) is 11.7. The van der Waals surface area contributed by atoms with Gasteiger partial charge < -0.3 is 10.2 Å². The predicted octanol–water partition coefficient (Wildman–Crippen LogP) is 3.65. The molecular formula is C16H30N4. The number of aryl methyl sites for hydroxylation is 1. The van der Waals surface area contributed by atoms with E-state index < -0.39 is 0 Å². The molecule has 0 atom stereocenters. The Kier molecular flexibility index (Phi) is 6.76. The van der Waals surface area contributed by atoms with Crippen molar-refractivity contribution in [3.05, 3.63) is 11.4 Å². The van der Waals surface area contributed by atoms with Crippen molar-refractivity contribution in [3.8, 4) is 0 Å². The minimum absolute atomic E-state index is 0.729. The van der Waals surface area contributed by atoms with E-state index in [0.717, 1.165) is 48.5 Å². The van der Waals surface area contributed by atoms with Crippen molar-refractivity contribution >= 4 is 11.6 Å². The van der Waals surface area contributed by atoms with Crippen molar-refractivity contribution in [2.75, 3.05) is 30.4 Å². The first-order valence-corrected chi connectivity index (χ1v) is 7.91. The standard InChI is InChI=1S/C16H30N4/c1-7-13(8-2)11-20(10-4)16-12(5)15(17-6)18-14(9-3)19-16/h13H,7-11H2,1-6H3,(H,17,18,19). The Morgan fingerprint density at radius 2 is 1.75 bits per heavy atom. The molecule has 0 amide bonds. The highest BCUT2D eigenvalue weighted by Crippen LogP contribution is 2.25. The number of rotatable bonds is 8. The van der Waals surface area contributed by atoms with Gasteiger partial charge in [-0.2, -0.15) is 0 Å². The van der Waals surface area contributed by atoms with Crippen LogP contribution in [0.25, 0.3) is 0 Å². The molecule has 1 aromatic rings. The monoisotopic (exact) mass is 278 g/mol. The fourth-order valence-corrected chi connectivity index (χ4v) is 2.48. The van der Waals surface area contributed by atoms with E-state index in [-0.39, 0.29) is 0 Å². The Morgan fingerprint density at radius 3 is 2.20 bits per heavy atom.